The number of hydrogen-bond acceptors (Lipinski definition) is 4. The van der Waals surface area contributed by atoms with Crippen LogP contribution >= 0.6 is 0 Å². The van der Waals surface area contributed by atoms with Gasteiger partial charge in [0.1, 0.15) is 0 Å². The standard InChI is InChI=1S/C12H14N4O3/c13-11(15-19)8-2-1-3-9(6-8)12(18)16-5-4-14-10(17)7-16/h1-3,6,19H,4-5,7H2,(H2,13,15)(H,14,17). The first-order valence-corrected chi connectivity index (χ1v) is 5.76. The van der Waals surface area contributed by atoms with Crippen molar-refractivity contribution >= 4 is 17.6 Å². The molecule has 0 unspecified atom stereocenters. The summed E-state index contributed by atoms with van der Waals surface area (Å²) in [5, 5.41) is 14.2. The van der Waals surface area contributed by atoms with E-state index in [2.05, 4.69) is 10.5 Å². The van der Waals surface area contributed by atoms with Crippen LogP contribution in [0.5, 0.6) is 0 Å². The van der Waals surface area contributed by atoms with Crippen molar-refractivity contribution in [1.29, 1.82) is 0 Å². The SMILES string of the molecule is N/C(=N\O)c1cccc(C(=O)N2CCNC(=O)C2)c1. The lowest BCUT2D eigenvalue weighted by Gasteiger charge is -2.26. The molecule has 0 saturated carbocycles. The number of amidine groups is 1. The molecule has 1 aromatic carbocycles. The monoisotopic (exact) mass is 262 g/mol. The number of amides is 2. The number of piperazine rings is 1. The predicted octanol–water partition coefficient (Wildman–Crippen LogP) is -0.647. The number of hydrogen-bond donors (Lipinski definition) is 3. The molecule has 2 rings (SSSR count). The quantitative estimate of drug-likeness (QED) is 0.285. The van der Waals surface area contributed by atoms with Gasteiger partial charge in [0, 0.05) is 24.2 Å². The van der Waals surface area contributed by atoms with Gasteiger partial charge in [-0.15, -0.1) is 0 Å². The Morgan fingerprint density at radius 1 is 1.42 bits per heavy atom. The minimum Gasteiger partial charge on any atom is -0.409 e. The van der Waals surface area contributed by atoms with E-state index in [1.54, 1.807) is 18.2 Å². The van der Waals surface area contributed by atoms with Gasteiger partial charge >= 0.3 is 0 Å². The zero-order valence-electron chi connectivity index (χ0n) is 10.2. The first-order chi connectivity index (χ1) is 9.11. The Labute approximate surface area is 109 Å². The van der Waals surface area contributed by atoms with E-state index in [0.717, 1.165) is 0 Å². The third kappa shape index (κ3) is 2.82. The molecule has 0 spiro atoms. The number of rotatable bonds is 2. The molecule has 1 aliphatic rings. The summed E-state index contributed by atoms with van der Waals surface area (Å²) in [7, 11) is 0. The predicted molar refractivity (Wildman–Crippen MR) is 67.9 cm³/mol. The second kappa shape index (κ2) is 5.38. The number of nitrogens with zero attached hydrogens (tertiary/aromatic N) is 2. The van der Waals surface area contributed by atoms with Gasteiger partial charge in [-0.2, -0.15) is 0 Å². The largest absolute Gasteiger partial charge is 0.409 e. The summed E-state index contributed by atoms with van der Waals surface area (Å²) in [6.07, 6.45) is 0. The van der Waals surface area contributed by atoms with Crippen molar-refractivity contribution in [2.45, 2.75) is 0 Å². The molecule has 1 aromatic rings. The van der Waals surface area contributed by atoms with Crippen LogP contribution in [0.25, 0.3) is 0 Å². The van der Waals surface area contributed by atoms with Crippen LogP contribution in [0.4, 0.5) is 0 Å². The Morgan fingerprint density at radius 2 is 2.16 bits per heavy atom. The molecule has 0 atom stereocenters. The lowest BCUT2D eigenvalue weighted by molar-refractivity contribution is -0.123. The average Bonchev–Trinajstić information content (AvgIpc) is 2.45. The summed E-state index contributed by atoms with van der Waals surface area (Å²) < 4.78 is 0. The molecule has 1 saturated heterocycles. The van der Waals surface area contributed by atoms with Crippen molar-refractivity contribution in [2.24, 2.45) is 10.9 Å². The third-order valence-corrected chi connectivity index (χ3v) is 2.84. The van der Waals surface area contributed by atoms with E-state index in [1.807, 2.05) is 0 Å². The van der Waals surface area contributed by atoms with E-state index >= 15 is 0 Å². The van der Waals surface area contributed by atoms with Crippen molar-refractivity contribution in [1.82, 2.24) is 10.2 Å². The molecular weight excluding hydrogens is 248 g/mol. The third-order valence-electron chi connectivity index (χ3n) is 2.84. The number of nitrogens with two attached hydrogens (primary N) is 1. The van der Waals surface area contributed by atoms with E-state index < -0.39 is 0 Å². The molecule has 100 valence electrons. The molecule has 0 aliphatic carbocycles. The lowest BCUT2D eigenvalue weighted by atomic mass is 10.1. The number of benzene rings is 1. The molecule has 4 N–H and O–H groups in total. The van der Waals surface area contributed by atoms with Crippen LogP contribution in [0.2, 0.25) is 0 Å². The summed E-state index contributed by atoms with van der Waals surface area (Å²) in [6, 6.07) is 6.44. The van der Waals surface area contributed by atoms with Crippen LogP contribution in [0.15, 0.2) is 29.4 Å². The maximum absolute atomic E-state index is 12.2. The fourth-order valence-electron chi connectivity index (χ4n) is 1.86. The Kier molecular flexibility index (Phi) is 3.65. The van der Waals surface area contributed by atoms with Crippen molar-refractivity contribution in [3.05, 3.63) is 35.4 Å². The van der Waals surface area contributed by atoms with E-state index in [1.165, 1.54) is 11.0 Å². The van der Waals surface area contributed by atoms with Gasteiger partial charge < -0.3 is 21.2 Å². The summed E-state index contributed by atoms with van der Waals surface area (Å²) in [4.78, 5) is 24.9. The second-order valence-corrected chi connectivity index (χ2v) is 4.14. The highest BCUT2D eigenvalue weighted by Gasteiger charge is 2.22. The van der Waals surface area contributed by atoms with Gasteiger partial charge in [-0.3, -0.25) is 9.59 Å². The topological polar surface area (TPSA) is 108 Å². The van der Waals surface area contributed by atoms with E-state index in [-0.39, 0.29) is 24.2 Å². The zero-order valence-corrected chi connectivity index (χ0v) is 10.2. The van der Waals surface area contributed by atoms with Crippen molar-refractivity contribution in [3.8, 4) is 0 Å². The number of carbonyl (C=O) groups excluding carboxylic acids is 2. The highest BCUT2D eigenvalue weighted by atomic mass is 16.4. The first-order valence-electron chi connectivity index (χ1n) is 5.76. The Hall–Kier alpha value is -2.57. The van der Waals surface area contributed by atoms with Crippen molar-refractivity contribution < 1.29 is 14.8 Å². The van der Waals surface area contributed by atoms with Crippen LogP contribution in [-0.4, -0.2) is 47.4 Å². The van der Waals surface area contributed by atoms with Crippen LogP contribution in [0.1, 0.15) is 15.9 Å². The molecule has 2 amide bonds. The second-order valence-electron chi connectivity index (χ2n) is 4.14. The van der Waals surface area contributed by atoms with Gasteiger partial charge in [0.15, 0.2) is 5.84 Å². The lowest BCUT2D eigenvalue weighted by Crippen LogP contribution is -2.50. The van der Waals surface area contributed by atoms with Crippen LogP contribution in [0.3, 0.4) is 0 Å². The minimum atomic E-state index is -0.248. The maximum Gasteiger partial charge on any atom is 0.254 e. The Bertz CT molecular complexity index is 542. The van der Waals surface area contributed by atoms with Gasteiger partial charge in [-0.05, 0) is 12.1 Å². The van der Waals surface area contributed by atoms with Crippen LogP contribution in [-0.2, 0) is 4.79 Å². The Morgan fingerprint density at radius 3 is 2.84 bits per heavy atom. The molecule has 0 aromatic heterocycles. The Balaban J connectivity index is 2.21. The zero-order chi connectivity index (χ0) is 13.8. The summed E-state index contributed by atoms with van der Waals surface area (Å²) in [5.74, 6) is -0.485. The van der Waals surface area contributed by atoms with Crippen LogP contribution in [0, 0.1) is 0 Å². The first kappa shape index (κ1) is 12.9. The van der Waals surface area contributed by atoms with Gasteiger partial charge in [0.2, 0.25) is 5.91 Å². The highest BCUT2D eigenvalue weighted by molar-refractivity contribution is 6.02. The summed E-state index contributed by atoms with van der Waals surface area (Å²) in [6.45, 7) is 0.968. The van der Waals surface area contributed by atoms with Crippen LogP contribution < -0.4 is 11.1 Å². The molecule has 7 nitrogen and oxygen atoms in total. The maximum atomic E-state index is 12.2. The summed E-state index contributed by atoms with van der Waals surface area (Å²) in [5.41, 5.74) is 6.33. The van der Waals surface area contributed by atoms with Gasteiger partial charge in [-0.1, -0.05) is 17.3 Å². The molecule has 0 bridgehead atoms. The molecule has 19 heavy (non-hydrogen) atoms. The summed E-state index contributed by atoms with van der Waals surface area (Å²) >= 11 is 0. The number of carbonyl (C=O) groups is 2. The molecule has 0 radical (unpaired) electrons. The van der Waals surface area contributed by atoms with Gasteiger partial charge in [0.25, 0.3) is 5.91 Å². The molecule has 1 heterocycles. The van der Waals surface area contributed by atoms with Crippen molar-refractivity contribution in [2.75, 3.05) is 19.6 Å². The molecule has 1 aliphatic heterocycles. The number of nitrogens with one attached hydrogen (secondary N) is 1. The fraction of sp³-hybridized carbons (Fsp3) is 0.250. The van der Waals surface area contributed by atoms with E-state index in [9.17, 15) is 9.59 Å². The van der Waals surface area contributed by atoms with E-state index in [4.69, 9.17) is 10.9 Å². The van der Waals surface area contributed by atoms with Gasteiger partial charge in [0.05, 0.1) is 6.54 Å². The molecule has 1 fully saturated rings. The van der Waals surface area contributed by atoms with Gasteiger partial charge in [-0.25, -0.2) is 0 Å². The smallest absolute Gasteiger partial charge is 0.254 e. The number of oxime groups is 1. The molecular formula is C12H14N4O3. The van der Waals surface area contributed by atoms with Crippen molar-refractivity contribution in [3.63, 3.8) is 0 Å². The molecule has 7 heteroatoms. The fourth-order valence-corrected chi connectivity index (χ4v) is 1.86. The average molecular weight is 262 g/mol. The highest BCUT2D eigenvalue weighted by Crippen LogP contribution is 2.09. The minimum absolute atomic E-state index is 0.0482. The normalized spacial score (nSPS) is 16.1. The van der Waals surface area contributed by atoms with E-state index in [0.29, 0.717) is 24.2 Å².